The Kier molecular flexibility index (Phi) is 6.80. The fraction of sp³-hybridized carbons (Fsp3) is 0.185. The van der Waals surface area contributed by atoms with E-state index in [-0.39, 0.29) is 18.1 Å². The van der Waals surface area contributed by atoms with Gasteiger partial charge in [0.1, 0.15) is 0 Å². The number of rotatable bonds is 6. The molecule has 0 aliphatic heterocycles. The summed E-state index contributed by atoms with van der Waals surface area (Å²) in [5.41, 5.74) is 5.21. The Morgan fingerprint density at radius 3 is 2.48 bits per heavy atom. The minimum atomic E-state index is -0.270. The molecule has 6 heteroatoms. The van der Waals surface area contributed by atoms with Crippen LogP contribution in [0.3, 0.4) is 0 Å². The highest BCUT2D eigenvalue weighted by atomic mass is 35.5. The van der Waals surface area contributed by atoms with Crippen molar-refractivity contribution in [2.45, 2.75) is 26.8 Å². The van der Waals surface area contributed by atoms with E-state index in [1.165, 1.54) is 5.56 Å². The minimum Gasteiger partial charge on any atom is -0.322 e. The van der Waals surface area contributed by atoms with Gasteiger partial charge in [-0.3, -0.25) is 4.79 Å². The van der Waals surface area contributed by atoms with Crippen molar-refractivity contribution >= 4 is 34.2 Å². The molecule has 0 saturated carbocycles. The van der Waals surface area contributed by atoms with Gasteiger partial charge in [-0.15, -0.1) is 0 Å². The second-order valence-corrected chi connectivity index (χ2v) is 8.75. The van der Waals surface area contributed by atoms with Crippen molar-refractivity contribution in [1.29, 1.82) is 0 Å². The van der Waals surface area contributed by atoms with Gasteiger partial charge in [-0.1, -0.05) is 53.1 Å². The van der Waals surface area contributed by atoms with Gasteiger partial charge in [0.15, 0.2) is 0 Å². The zero-order valence-electron chi connectivity index (χ0n) is 18.7. The number of pyridine rings is 1. The number of carbonyl (C=O) groups is 1. The number of amides is 2. The van der Waals surface area contributed by atoms with Crippen LogP contribution in [0, 0.1) is 13.8 Å². The van der Waals surface area contributed by atoms with E-state index in [1.54, 1.807) is 29.2 Å². The van der Waals surface area contributed by atoms with Gasteiger partial charge in [-0.05, 0) is 73.7 Å². The lowest BCUT2D eigenvalue weighted by molar-refractivity contribution is 0.209. The SMILES string of the molecule is Cc1cccc(CCN(Cc2cc3cc(C)ccc3[nH]c2=O)C(=O)Nc2ccc(Cl)cc2)c1. The first-order valence-corrected chi connectivity index (χ1v) is 11.2. The summed E-state index contributed by atoms with van der Waals surface area (Å²) in [6, 6.07) is 22.7. The molecule has 0 radical (unpaired) electrons. The third-order valence-corrected chi connectivity index (χ3v) is 5.83. The lowest BCUT2D eigenvalue weighted by Gasteiger charge is -2.23. The lowest BCUT2D eigenvalue weighted by Crippen LogP contribution is -2.37. The third kappa shape index (κ3) is 5.82. The maximum atomic E-state index is 13.2. The molecule has 0 bridgehead atoms. The predicted molar refractivity (Wildman–Crippen MR) is 135 cm³/mol. The Labute approximate surface area is 198 Å². The number of carbonyl (C=O) groups excluding carboxylic acids is 1. The third-order valence-electron chi connectivity index (χ3n) is 5.57. The Hall–Kier alpha value is -3.57. The quantitative estimate of drug-likeness (QED) is 0.367. The normalized spacial score (nSPS) is 10.9. The molecule has 4 rings (SSSR count). The van der Waals surface area contributed by atoms with Crippen molar-refractivity contribution in [2.24, 2.45) is 0 Å². The summed E-state index contributed by atoms with van der Waals surface area (Å²) in [5.74, 6) is 0. The number of fused-ring (bicyclic) bond motifs is 1. The molecule has 0 unspecified atom stereocenters. The molecule has 0 fully saturated rings. The van der Waals surface area contributed by atoms with Crippen molar-refractivity contribution < 1.29 is 4.79 Å². The molecule has 0 spiro atoms. The standard InChI is InChI=1S/C27H26ClN3O2/c1-18-4-3-5-20(14-18)12-13-31(27(33)29-24-9-7-23(28)8-10-24)17-22-16-21-15-19(2)6-11-25(21)30-26(22)32/h3-11,14-16H,12-13,17H2,1-2H3,(H,29,33)(H,30,32). The van der Waals surface area contributed by atoms with Crippen LogP contribution in [0.15, 0.2) is 77.6 Å². The molecule has 4 aromatic rings. The zero-order valence-corrected chi connectivity index (χ0v) is 19.4. The molecular weight excluding hydrogens is 434 g/mol. The van der Waals surface area contributed by atoms with Gasteiger partial charge in [-0.25, -0.2) is 4.79 Å². The summed E-state index contributed by atoms with van der Waals surface area (Å²) in [6.07, 6.45) is 0.681. The molecule has 168 valence electrons. The highest BCUT2D eigenvalue weighted by Gasteiger charge is 2.17. The minimum absolute atomic E-state index is 0.189. The van der Waals surface area contributed by atoms with Gasteiger partial charge in [0.2, 0.25) is 0 Å². The summed E-state index contributed by atoms with van der Waals surface area (Å²) in [5, 5.41) is 4.46. The Bertz CT molecular complexity index is 1350. The number of nitrogens with one attached hydrogen (secondary N) is 2. The number of aromatic amines is 1. The number of hydrogen-bond donors (Lipinski definition) is 2. The Balaban J connectivity index is 1.60. The van der Waals surface area contributed by atoms with Crippen LogP contribution >= 0.6 is 11.6 Å². The van der Waals surface area contributed by atoms with Gasteiger partial charge in [0, 0.05) is 28.3 Å². The second kappa shape index (κ2) is 9.92. The molecule has 1 heterocycles. The number of halogens is 1. The van der Waals surface area contributed by atoms with E-state index in [0.29, 0.717) is 29.2 Å². The maximum absolute atomic E-state index is 13.2. The van der Waals surface area contributed by atoms with E-state index >= 15 is 0 Å². The van der Waals surface area contributed by atoms with Crippen LogP contribution in [0.1, 0.15) is 22.3 Å². The van der Waals surface area contributed by atoms with Crippen molar-refractivity contribution in [3.63, 3.8) is 0 Å². The van der Waals surface area contributed by atoms with E-state index in [0.717, 1.165) is 22.0 Å². The first kappa shape index (κ1) is 22.6. The summed E-state index contributed by atoms with van der Waals surface area (Å²) in [4.78, 5) is 30.6. The van der Waals surface area contributed by atoms with Gasteiger partial charge in [0.05, 0.1) is 6.54 Å². The van der Waals surface area contributed by atoms with Crippen LogP contribution in [0.5, 0.6) is 0 Å². The van der Waals surface area contributed by atoms with Crippen molar-refractivity contribution in [2.75, 3.05) is 11.9 Å². The first-order valence-electron chi connectivity index (χ1n) is 10.9. The average molecular weight is 460 g/mol. The van der Waals surface area contributed by atoms with E-state index in [4.69, 9.17) is 11.6 Å². The summed E-state index contributed by atoms with van der Waals surface area (Å²) in [6.45, 7) is 4.72. The molecule has 5 nitrogen and oxygen atoms in total. The smallest absolute Gasteiger partial charge is 0.322 e. The van der Waals surface area contributed by atoms with Crippen molar-refractivity contribution in [1.82, 2.24) is 9.88 Å². The molecule has 1 aromatic heterocycles. The van der Waals surface area contributed by atoms with Crippen LogP contribution in [0.25, 0.3) is 10.9 Å². The van der Waals surface area contributed by atoms with Gasteiger partial charge >= 0.3 is 6.03 Å². The van der Waals surface area contributed by atoms with Crippen LogP contribution in [0.4, 0.5) is 10.5 Å². The van der Waals surface area contributed by atoms with Crippen LogP contribution in [-0.2, 0) is 13.0 Å². The molecule has 2 amide bonds. The average Bonchev–Trinajstić information content (AvgIpc) is 2.78. The largest absolute Gasteiger partial charge is 0.322 e. The number of urea groups is 1. The topological polar surface area (TPSA) is 65.2 Å². The zero-order chi connectivity index (χ0) is 23.4. The van der Waals surface area contributed by atoms with E-state index in [9.17, 15) is 9.59 Å². The summed E-state index contributed by atoms with van der Waals surface area (Å²) < 4.78 is 0. The molecule has 33 heavy (non-hydrogen) atoms. The molecule has 0 atom stereocenters. The van der Waals surface area contributed by atoms with Crippen LogP contribution in [-0.4, -0.2) is 22.5 Å². The van der Waals surface area contributed by atoms with Crippen molar-refractivity contribution in [3.05, 3.63) is 110 Å². The Morgan fingerprint density at radius 1 is 0.970 bits per heavy atom. The molecule has 0 aliphatic carbocycles. The summed E-state index contributed by atoms with van der Waals surface area (Å²) >= 11 is 5.96. The molecule has 3 aromatic carbocycles. The van der Waals surface area contributed by atoms with E-state index in [2.05, 4.69) is 16.4 Å². The number of anilines is 1. The molecule has 2 N–H and O–H groups in total. The number of H-pyrrole nitrogens is 1. The number of hydrogen-bond acceptors (Lipinski definition) is 2. The van der Waals surface area contributed by atoms with E-state index in [1.807, 2.05) is 56.3 Å². The van der Waals surface area contributed by atoms with Crippen molar-refractivity contribution in [3.8, 4) is 0 Å². The molecule has 0 aliphatic rings. The van der Waals surface area contributed by atoms with E-state index < -0.39 is 0 Å². The Morgan fingerprint density at radius 2 is 1.73 bits per heavy atom. The first-order chi connectivity index (χ1) is 15.9. The number of aromatic nitrogens is 1. The maximum Gasteiger partial charge on any atom is 0.322 e. The fourth-order valence-electron chi connectivity index (χ4n) is 3.81. The highest BCUT2D eigenvalue weighted by Crippen LogP contribution is 2.17. The van der Waals surface area contributed by atoms with Crippen LogP contribution < -0.4 is 10.9 Å². The number of nitrogens with zero attached hydrogens (tertiary/aromatic N) is 1. The monoisotopic (exact) mass is 459 g/mol. The lowest BCUT2D eigenvalue weighted by atomic mass is 10.1. The number of benzene rings is 3. The predicted octanol–water partition coefficient (Wildman–Crippen LogP) is 6.08. The van der Waals surface area contributed by atoms with Gasteiger partial charge in [0.25, 0.3) is 5.56 Å². The second-order valence-electron chi connectivity index (χ2n) is 8.31. The fourth-order valence-corrected chi connectivity index (χ4v) is 3.94. The van der Waals surface area contributed by atoms with Crippen LogP contribution in [0.2, 0.25) is 5.02 Å². The highest BCUT2D eigenvalue weighted by molar-refractivity contribution is 6.30. The number of aryl methyl sites for hydroxylation is 2. The molecular formula is C27H26ClN3O2. The van der Waals surface area contributed by atoms with Gasteiger partial charge < -0.3 is 15.2 Å². The summed E-state index contributed by atoms with van der Waals surface area (Å²) in [7, 11) is 0. The van der Waals surface area contributed by atoms with Gasteiger partial charge in [-0.2, -0.15) is 0 Å². The molecule has 0 saturated heterocycles.